The van der Waals surface area contributed by atoms with Crippen molar-refractivity contribution >= 4 is 24.0 Å². The molecule has 0 aliphatic rings. The van der Waals surface area contributed by atoms with Crippen LogP contribution in [-0.4, -0.2) is 0 Å². The maximum atomic E-state index is 9.33. The summed E-state index contributed by atoms with van der Waals surface area (Å²) in [7, 11) is 0. The lowest BCUT2D eigenvalue weighted by atomic mass is 10.3. The van der Waals surface area contributed by atoms with Gasteiger partial charge in [-0.2, -0.15) is 9.83 Å². The van der Waals surface area contributed by atoms with Crippen LogP contribution in [0.5, 0.6) is 0 Å². The third-order valence-corrected chi connectivity index (χ3v) is 2.99. The Morgan fingerprint density at radius 3 is 2.47 bits per heavy atom. The Labute approximate surface area is 118 Å². The smallest absolute Gasteiger partial charge is 0.319 e. The van der Waals surface area contributed by atoms with E-state index in [0.29, 0.717) is 10.7 Å². The highest BCUT2D eigenvalue weighted by atomic mass is 32.1. The summed E-state index contributed by atoms with van der Waals surface area (Å²) in [6.07, 6.45) is 1.84. The van der Waals surface area contributed by atoms with Gasteiger partial charge >= 0.3 is 5.70 Å². The summed E-state index contributed by atoms with van der Waals surface area (Å²) >= 11 is 4.40. The van der Waals surface area contributed by atoms with Gasteiger partial charge < -0.3 is 5.32 Å². The molecule has 2 rings (SSSR count). The van der Waals surface area contributed by atoms with Crippen LogP contribution in [0.2, 0.25) is 0 Å². The fourth-order valence-electron chi connectivity index (χ4n) is 1.72. The van der Waals surface area contributed by atoms with Crippen molar-refractivity contribution in [3.63, 3.8) is 0 Å². The molecule has 0 unspecified atom stereocenters. The van der Waals surface area contributed by atoms with Crippen LogP contribution in [0.25, 0.3) is 5.70 Å². The second-order valence-electron chi connectivity index (χ2n) is 4.01. The molecule has 0 saturated carbocycles. The van der Waals surface area contributed by atoms with Gasteiger partial charge in [-0.25, -0.2) is 0 Å². The van der Waals surface area contributed by atoms with E-state index >= 15 is 0 Å². The number of allylic oxidation sites excluding steroid dienone is 1. The number of aryl methyl sites for hydroxylation is 1. The van der Waals surface area contributed by atoms with Gasteiger partial charge in [-0.1, -0.05) is 24.3 Å². The Morgan fingerprint density at radius 1 is 1.16 bits per heavy atom. The minimum atomic E-state index is 0.463. The summed E-state index contributed by atoms with van der Waals surface area (Å²) in [6, 6.07) is 17.6. The predicted molar refractivity (Wildman–Crippen MR) is 79.3 cm³/mol. The monoisotopic (exact) mass is 268 g/mol. The van der Waals surface area contributed by atoms with Crippen LogP contribution in [0, 0.1) is 18.3 Å². The number of aromatic nitrogens is 1. The van der Waals surface area contributed by atoms with Crippen LogP contribution in [0.15, 0.2) is 59.8 Å². The molecule has 2 aromatic rings. The third kappa shape index (κ3) is 3.15. The molecule has 0 spiro atoms. The molecule has 0 saturated heterocycles. The molecule has 3 nitrogen and oxygen atoms in total. The minimum Gasteiger partial charge on any atom is -0.344 e. The lowest BCUT2D eigenvalue weighted by Crippen LogP contribution is -2.35. The number of thiol groups is 1. The summed E-state index contributed by atoms with van der Waals surface area (Å²) in [5, 5.41) is 13.0. The Balaban J connectivity index is 2.38. The lowest BCUT2D eigenvalue weighted by Gasteiger charge is -2.05. The average Bonchev–Trinajstić information content (AvgIpc) is 2.43. The van der Waals surface area contributed by atoms with Gasteiger partial charge in [-0.15, -0.1) is 12.6 Å². The number of rotatable bonds is 3. The average molecular weight is 268 g/mol. The van der Waals surface area contributed by atoms with Crippen LogP contribution in [-0.2, 0) is 0 Å². The van der Waals surface area contributed by atoms with Crippen molar-refractivity contribution in [1.29, 1.82) is 5.26 Å². The van der Waals surface area contributed by atoms with Gasteiger partial charge in [0.15, 0.2) is 23.0 Å². The van der Waals surface area contributed by atoms with Crippen molar-refractivity contribution in [2.24, 2.45) is 0 Å². The Bertz CT molecular complexity index is 642. The number of para-hydroxylation sites is 1. The molecule has 0 bridgehead atoms. The van der Waals surface area contributed by atoms with E-state index in [0.717, 1.165) is 11.4 Å². The summed E-state index contributed by atoms with van der Waals surface area (Å²) in [5.74, 6) is 0. The highest BCUT2D eigenvalue weighted by Gasteiger charge is 2.17. The number of nitrogens with one attached hydrogen (secondary N) is 1. The molecule has 1 aromatic heterocycles. The van der Waals surface area contributed by atoms with Crippen LogP contribution in [0.3, 0.4) is 0 Å². The number of hydrogen-bond donors (Lipinski definition) is 2. The van der Waals surface area contributed by atoms with E-state index in [1.165, 1.54) is 0 Å². The molecule has 1 aromatic carbocycles. The van der Waals surface area contributed by atoms with Crippen molar-refractivity contribution in [2.45, 2.75) is 6.92 Å². The highest BCUT2D eigenvalue weighted by molar-refractivity contribution is 7.84. The minimum absolute atomic E-state index is 0.463. The van der Waals surface area contributed by atoms with Gasteiger partial charge in [0.05, 0.1) is 0 Å². The van der Waals surface area contributed by atoms with Gasteiger partial charge in [0.25, 0.3) is 0 Å². The third-order valence-electron chi connectivity index (χ3n) is 2.67. The second-order valence-corrected chi connectivity index (χ2v) is 4.46. The normalized spacial score (nSPS) is 11.4. The number of nitriles is 1. The zero-order valence-corrected chi connectivity index (χ0v) is 11.4. The largest absolute Gasteiger partial charge is 0.344 e. The van der Waals surface area contributed by atoms with Crippen LogP contribution in [0.1, 0.15) is 5.69 Å². The topological polar surface area (TPSA) is 39.7 Å². The predicted octanol–water partition coefficient (Wildman–Crippen LogP) is 2.97. The summed E-state index contributed by atoms with van der Waals surface area (Å²) in [5.41, 5.74) is 2.33. The zero-order valence-electron chi connectivity index (χ0n) is 10.5. The molecule has 4 heteroatoms. The molecular formula is C15H14N3S+. The lowest BCUT2D eigenvalue weighted by molar-refractivity contribution is -0.585. The molecule has 0 fully saturated rings. The van der Waals surface area contributed by atoms with Gasteiger partial charge in [-0.05, 0) is 12.1 Å². The molecule has 0 aliphatic heterocycles. The zero-order chi connectivity index (χ0) is 13.7. The van der Waals surface area contributed by atoms with E-state index in [-0.39, 0.29) is 0 Å². The van der Waals surface area contributed by atoms with E-state index in [1.807, 2.05) is 61.7 Å². The maximum Gasteiger partial charge on any atom is 0.319 e. The maximum absolute atomic E-state index is 9.33. The summed E-state index contributed by atoms with van der Waals surface area (Å²) in [6.45, 7) is 1.95. The van der Waals surface area contributed by atoms with Crippen molar-refractivity contribution in [3.05, 3.63) is 65.5 Å². The van der Waals surface area contributed by atoms with E-state index in [4.69, 9.17) is 0 Å². The first-order chi connectivity index (χ1) is 9.22. The quantitative estimate of drug-likeness (QED) is 0.510. The second kappa shape index (κ2) is 6.07. The Hall–Kier alpha value is -2.25. The number of pyridine rings is 1. The van der Waals surface area contributed by atoms with Crippen molar-refractivity contribution in [1.82, 2.24) is 0 Å². The fourth-order valence-corrected chi connectivity index (χ4v) is 2.00. The molecule has 19 heavy (non-hydrogen) atoms. The van der Waals surface area contributed by atoms with Crippen molar-refractivity contribution in [2.75, 3.05) is 5.32 Å². The van der Waals surface area contributed by atoms with Gasteiger partial charge in [0, 0.05) is 24.7 Å². The summed E-state index contributed by atoms with van der Waals surface area (Å²) in [4.78, 5) is 0. The molecule has 0 atom stereocenters. The Kier molecular flexibility index (Phi) is 4.22. The number of nitrogens with zero attached hydrogens (tertiary/aromatic N) is 2. The molecule has 1 heterocycles. The van der Waals surface area contributed by atoms with Gasteiger partial charge in [-0.3, -0.25) is 0 Å². The molecule has 0 radical (unpaired) electrons. The van der Waals surface area contributed by atoms with E-state index in [1.54, 1.807) is 4.57 Å². The SMILES string of the molecule is Cc1cccc[n+]1/C(C#N)=C(/S)Nc1ccccc1. The molecule has 94 valence electrons. The molecule has 0 amide bonds. The van der Waals surface area contributed by atoms with E-state index in [9.17, 15) is 5.26 Å². The first-order valence-electron chi connectivity index (χ1n) is 5.85. The Morgan fingerprint density at radius 2 is 1.84 bits per heavy atom. The molecule has 0 aliphatic carbocycles. The fraction of sp³-hybridized carbons (Fsp3) is 0.0667. The van der Waals surface area contributed by atoms with Crippen LogP contribution in [0.4, 0.5) is 5.69 Å². The number of hydrogen-bond acceptors (Lipinski definition) is 3. The first kappa shape index (κ1) is 13.2. The van der Waals surface area contributed by atoms with Crippen LogP contribution < -0.4 is 9.88 Å². The van der Waals surface area contributed by atoms with E-state index < -0.39 is 0 Å². The van der Waals surface area contributed by atoms with Crippen molar-refractivity contribution < 1.29 is 4.57 Å². The number of anilines is 1. The van der Waals surface area contributed by atoms with Gasteiger partial charge in [0.1, 0.15) is 0 Å². The van der Waals surface area contributed by atoms with E-state index in [2.05, 4.69) is 24.0 Å². The standard InChI is InChI=1S/C15H13N3S/c1-12-7-5-6-10-18(12)14(11-16)15(19)17-13-8-3-2-4-9-13/h2-10,17H,1H3/p+1/b15-14+. The summed E-state index contributed by atoms with van der Waals surface area (Å²) < 4.78 is 1.80. The van der Waals surface area contributed by atoms with Crippen molar-refractivity contribution in [3.8, 4) is 6.07 Å². The molecular weight excluding hydrogens is 254 g/mol. The van der Waals surface area contributed by atoms with Gasteiger partial charge in [0.2, 0.25) is 0 Å². The van der Waals surface area contributed by atoms with Crippen LogP contribution >= 0.6 is 12.6 Å². The number of benzene rings is 1. The highest BCUT2D eigenvalue weighted by Crippen LogP contribution is 2.14. The first-order valence-corrected chi connectivity index (χ1v) is 6.30. The molecule has 1 N–H and O–H groups in total.